The van der Waals surface area contributed by atoms with Crippen LogP contribution in [0.15, 0.2) is 54.3 Å². The summed E-state index contributed by atoms with van der Waals surface area (Å²) in [5, 5.41) is 11.0. The van der Waals surface area contributed by atoms with Gasteiger partial charge in [0.25, 0.3) is 0 Å². The number of carbonyl (C=O) groups excluding carboxylic acids is 1. The Hall–Kier alpha value is -2.29. The minimum atomic E-state index is 0. The zero-order chi connectivity index (χ0) is 26.6. The van der Waals surface area contributed by atoms with Gasteiger partial charge in [0.1, 0.15) is 0 Å². The molecule has 0 saturated heterocycles. The molecule has 5 rings (SSSR count). The average molecular weight is 705 g/mol. The molecule has 0 bridgehead atoms. The minimum absolute atomic E-state index is 0. The molecule has 0 aliphatic heterocycles. The first-order valence-corrected chi connectivity index (χ1v) is 14.0. The maximum atomic E-state index is 11.8. The molecule has 39 heavy (non-hydrogen) atoms. The van der Waals surface area contributed by atoms with Crippen molar-refractivity contribution >= 4 is 16.7 Å². The number of pyridine rings is 1. The summed E-state index contributed by atoms with van der Waals surface area (Å²) in [6.45, 7) is 10.9. The smallest absolute Gasteiger partial charge is 0.162 e. The van der Waals surface area contributed by atoms with E-state index >= 15 is 0 Å². The van der Waals surface area contributed by atoms with Gasteiger partial charge in [-0.1, -0.05) is 85.9 Å². The van der Waals surface area contributed by atoms with Crippen LogP contribution < -0.4 is 0 Å². The number of fused-ring (bicyclic) bond motifs is 1. The zero-order valence-electron chi connectivity index (χ0n) is 23.6. The second kappa shape index (κ2) is 14.4. The van der Waals surface area contributed by atoms with E-state index in [1.165, 1.54) is 48.3 Å². The number of benzene rings is 2. The van der Waals surface area contributed by atoms with E-state index in [0.717, 1.165) is 48.0 Å². The summed E-state index contributed by atoms with van der Waals surface area (Å²) in [6, 6.07) is 18.5. The topological polar surface area (TPSA) is 50.2 Å². The molecule has 0 unspecified atom stereocenters. The molecule has 2 aliphatic carbocycles. The van der Waals surface area contributed by atoms with Crippen LogP contribution in [0.5, 0.6) is 0 Å². The number of aryl methyl sites for hydroxylation is 2. The molecular weight excluding hydrogens is 659 g/mol. The summed E-state index contributed by atoms with van der Waals surface area (Å²) in [5.41, 5.74) is 7.00. The van der Waals surface area contributed by atoms with Crippen molar-refractivity contribution in [2.24, 2.45) is 11.8 Å². The fraction of sp³-hybridized carbons (Fsp3) is 0.486. The molecular formula is C35H46IrNO2-. The molecule has 3 nitrogen and oxygen atoms in total. The molecule has 1 aromatic heterocycles. The molecule has 0 amide bonds. The maximum absolute atomic E-state index is 11.8. The third-order valence-corrected chi connectivity index (χ3v) is 7.80. The van der Waals surface area contributed by atoms with E-state index in [-0.39, 0.29) is 50.6 Å². The molecule has 0 atom stereocenters. The summed E-state index contributed by atoms with van der Waals surface area (Å²) in [6.07, 6.45) is 10.4. The van der Waals surface area contributed by atoms with Crippen molar-refractivity contribution in [3.63, 3.8) is 0 Å². The second-order valence-electron chi connectivity index (χ2n) is 12.0. The van der Waals surface area contributed by atoms with Gasteiger partial charge in [0, 0.05) is 38.0 Å². The van der Waals surface area contributed by atoms with Crippen molar-refractivity contribution in [3.8, 4) is 11.3 Å². The third-order valence-electron chi connectivity index (χ3n) is 7.80. The molecule has 2 saturated carbocycles. The van der Waals surface area contributed by atoms with Crippen LogP contribution in [0.25, 0.3) is 22.2 Å². The van der Waals surface area contributed by atoms with E-state index in [9.17, 15) is 9.90 Å². The quantitative estimate of drug-likeness (QED) is 0.167. The summed E-state index contributed by atoms with van der Waals surface area (Å²) in [5.74, 6) is 0.991. The Bertz CT molecular complexity index is 1260. The first-order valence-electron chi connectivity index (χ1n) is 14.0. The van der Waals surface area contributed by atoms with Crippen molar-refractivity contribution in [3.05, 3.63) is 77.1 Å². The normalized spacial score (nSPS) is 16.3. The van der Waals surface area contributed by atoms with Crippen molar-refractivity contribution in [2.45, 2.75) is 98.8 Å². The van der Waals surface area contributed by atoms with Gasteiger partial charge >= 0.3 is 0 Å². The van der Waals surface area contributed by atoms with Gasteiger partial charge < -0.3 is 5.11 Å². The van der Waals surface area contributed by atoms with Gasteiger partial charge in [-0.3, -0.25) is 9.78 Å². The van der Waals surface area contributed by atoms with Gasteiger partial charge in [-0.15, -0.1) is 34.9 Å². The second-order valence-corrected chi connectivity index (χ2v) is 12.0. The summed E-state index contributed by atoms with van der Waals surface area (Å²) in [7, 11) is 0. The number of rotatable bonds is 4. The van der Waals surface area contributed by atoms with Crippen LogP contribution in [0.1, 0.15) is 96.3 Å². The van der Waals surface area contributed by atoms with Gasteiger partial charge in [0.15, 0.2) is 5.78 Å². The fourth-order valence-corrected chi connectivity index (χ4v) is 5.59. The average Bonchev–Trinajstić information content (AvgIpc) is 3.57. The first kappa shape index (κ1) is 32.9. The van der Waals surface area contributed by atoms with E-state index < -0.39 is 0 Å². The Balaban J connectivity index is 0.000000277. The van der Waals surface area contributed by atoms with E-state index in [1.54, 1.807) is 0 Å². The van der Waals surface area contributed by atoms with Crippen LogP contribution in [0.2, 0.25) is 0 Å². The molecule has 213 valence electrons. The van der Waals surface area contributed by atoms with Crippen LogP contribution in [-0.2, 0) is 30.3 Å². The van der Waals surface area contributed by atoms with Gasteiger partial charge in [0.2, 0.25) is 0 Å². The summed E-state index contributed by atoms with van der Waals surface area (Å²) < 4.78 is 0. The number of aromatic nitrogens is 1. The number of nitrogens with zero attached hydrogens (tertiary/aromatic N) is 1. The monoisotopic (exact) mass is 705 g/mol. The van der Waals surface area contributed by atoms with Crippen molar-refractivity contribution in [1.82, 2.24) is 4.98 Å². The SMILES string of the molecule is C.Cc1[c-]c(-c2ccc3cc(C(C)(C)C)ccc3n2)cc(C)c1.O=C(C=C(O)C1CCCC1)C1CCCC1.[Ir]. The molecule has 1 heterocycles. The molecule has 0 spiro atoms. The number of carbonyl (C=O) groups is 1. The number of aliphatic hydroxyl groups excluding tert-OH is 1. The number of hydrogen-bond donors (Lipinski definition) is 1. The Labute approximate surface area is 249 Å². The van der Waals surface area contributed by atoms with Crippen LogP contribution >= 0.6 is 0 Å². The third kappa shape index (κ3) is 8.85. The van der Waals surface area contributed by atoms with Gasteiger partial charge in [0.05, 0.1) is 11.3 Å². The zero-order valence-corrected chi connectivity index (χ0v) is 26.0. The predicted octanol–water partition coefficient (Wildman–Crippen LogP) is 9.63. The molecule has 2 fully saturated rings. The molecule has 1 N–H and O–H groups in total. The van der Waals surface area contributed by atoms with E-state index in [2.05, 4.69) is 83.1 Å². The largest absolute Gasteiger partial charge is 0.512 e. The minimum Gasteiger partial charge on any atom is -0.512 e. The molecule has 4 heteroatoms. The number of ketones is 1. The van der Waals surface area contributed by atoms with E-state index in [1.807, 2.05) is 0 Å². The Morgan fingerprint density at radius 2 is 1.54 bits per heavy atom. The fourth-order valence-electron chi connectivity index (χ4n) is 5.59. The molecule has 1 radical (unpaired) electrons. The maximum Gasteiger partial charge on any atom is 0.162 e. The summed E-state index contributed by atoms with van der Waals surface area (Å²) in [4.78, 5) is 16.6. The molecule has 3 aromatic rings. The Morgan fingerprint density at radius 3 is 2.13 bits per heavy atom. The number of aliphatic hydroxyl groups is 1. The first-order chi connectivity index (χ1) is 17.6. The van der Waals surface area contributed by atoms with Gasteiger partial charge in [-0.05, 0) is 59.9 Å². The molecule has 2 aliphatic rings. The van der Waals surface area contributed by atoms with Crippen LogP contribution in [0, 0.1) is 31.7 Å². The predicted molar refractivity (Wildman–Crippen MR) is 161 cm³/mol. The van der Waals surface area contributed by atoms with Crippen molar-refractivity contribution in [1.29, 1.82) is 0 Å². The van der Waals surface area contributed by atoms with Crippen molar-refractivity contribution < 1.29 is 30.0 Å². The van der Waals surface area contributed by atoms with Crippen LogP contribution in [-0.4, -0.2) is 15.9 Å². The number of allylic oxidation sites excluding steroid dienone is 2. The Kier molecular flexibility index (Phi) is 12.1. The van der Waals surface area contributed by atoms with Crippen LogP contribution in [0.3, 0.4) is 0 Å². The summed E-state index contributed by atoms with van der Waals surface area (Å²) >= 11 is 0. The van der Waals surface area contributed by atoms with Gasteiger partial charge in [-0.25, -0.2) is 0 Å². The van der Waals surface area contributed by atoms with Crippen LogP contribution in [0.4, 0.5) is 0 Å². The van der Waals surface area contributed by atoms with Gasteiger partial charge in [-0.2, -0.15) is 0 Å². The standard InChI is InChI=1S/C21H22N.C13H20O2.CH4.Ir/c1-14-10-15(2)12-17(11-14)20-8-6-16-13-18(21(3,4)5)7-9-19(16)22-20;14-12(10-5-1-2-6-10)9-13(15)11-7-3-4-8-11;;/h6-11,13H,1-5H3;9-11,14H,1-8H2;1H4;/q-1;;;. The van der Waals surface area contributed by atoms with E-state index in [4.69, 9.17) is 4.98 Å². The number of hydrogen-bond acceptors (Lipinski definition) is 3. The molecule has 2 aromatic carbocycles. The van der Waals surface area contributed by atoms with Crippen molar-refractivity contribution in [2.75, 3.05) is 0 Å². The Morgan fingerprint density at radius 1 is 0.923 bits per heavy atom. The van der Waals surface area contributed by atoms with E-state index in [0.29, 0.717) is 5.76 Å².